The maximum atomic E-state index is 9.78. The van der Waals surface area contributed by atoms with Gasteiger partial charge in [-0.2, -0.15) is 11.8 Å². The van der Waals surface area contributed by atoms with Crippen molar-refractivity contribution in [1.29, 1.82) is 0 Å². The molecule has 0 atom stereocenters. The van der Waals surface area contributed by atoms with E-state index in [9.17, 15) is 5.11 Å². The molecule has 15 heavy (non-hydrogen) atoms. The van der Waals surface area contributed by atoms with E-state index in [1.807, 2.05) is 30.1 Å². The maximum absolute atomic E-state index is 9.78. The van der Waals surface area contributed by atoms with E-state index < -0.39 is 0 Å². The fourth-order valence-electron chi connectivity index (χ4n) is 1.61. The molecule has 0 aliphatic rings. The van der Waals surface area contributed by atoms with Crippen molar-refractivity contribution in [3.05, 3.63) is 30.0 Å². The van der Waals surface area contributed by atoms with E-state index in [1.54, 1.807) is 6.07 Å². The van der Waals surface area contributed by atoms with Gasteiger partial charge in [0.15, 0.2) is 0 Å². The molecule has 2 nitrogen and oxygen atoms in total. The van der Waals surface area contributed by atoms with Crippen molar-refractivity contribution in [2.24, 2.45) is 0 Å². The monoisotopic (exact) mass is 221 g/mol. The zero-order valence-electron chi connectivity index (χ0n) is 8.95. The smallest absolute Gasteiger partial charge is 0.125 e. The maximum Gasteiger partial charge on any atom is 0.125 e. The molecule has 80 valence electrons. The molecule has 2 N–H and O–H groups in total. The van der Waals surface area contributed by atoms with Crippen LogP contribution in [0.25, 0.3) is 10.9 Å². The Kier molecular flexibility index (Phi) is 2.91. The van der Waals surface area contributed by atoms with Gasteiger partial charge in [0.25, 0.3) is 0 Å². The molecule has 0 amide bonds. The minimum Gasteiger partial charge on any atom is -0.507 e. The molecule has 0 fully saturated rings. The average molecular weight is 221 g/mol. The quantitative estimate of drug-likeness (QED) is 0.832. The lowest BCUT2D eigenvalue weighted by Gasteiger charge is -2.04. The van der Waals surface area contributed by atoms with Crippen molar-refractivity contribution in [3.63, 3.8) is 0 Å². The van der Waals surface area contributed by atoms with E-state index in [0.29, 0.717) is 11.0 Å². The Morgan fingerprint density at radius 3 is 2.93 bits per heavy atom. The highest BCUT2D eigenvalue weighted by molar-refractivity contribution is 7.99. The molecule has 1 heterocycles. The van der Waals surface area contributed by atoms with Crippen molar-refractivity contribution >= 4 is 22.7 Å². The summed E-state index contributed by atoms with van der Waals surface area (Å²) < 4.78 is 0. The standard InChI is InChI=1S/C12H15NOS/c1-8(2)15-7-9-6-13-10-4-3-5-11(14)12(9)10/h3-6,8,13-14H,7H2,1-2H3. The molecule has 1 aromatic heterocycles. The molecule has 0 bridgehead atoms. The summed E-state index contributed by atoms with van der Waals surface area (Å²) in [6.07, 6.45) is 1.99. The van der Waals surface area contributed by atoms with Gasteiger partial charge >= 0.3 is 0 Å². The van der Waals surface area contributed by atoms with E-state index in [1.165, 1.54) is 5.56 Å². The molecule has 3 heteroatoms. The lowest BCUT2D eigenvalue weighted by molar-refractivity contribution is 0.481. The average Bonchev–Trinajstić information content (AvgIpc) is 2.59. The predicted molar refractivity (Wildman–Crippen MR) is 66.4 cm³/mol. The van der Waals surface area contributed by atoms with E-state index >= 15 is 0 Å². The number of hydrogen-bond acceptors (Lipinski definition) is 2. The van der Waals surface area contributed by atoms with Gasteiger partial charge in [-0.05, 0) is 22.9 Å². The minimum atomic E-state index is 0.369. The molecule has 0 radical (unpaired) electrons. The third-order valence-corrected chi connectivity index (χ3v) is 3.48. The van der Waals surface area contributed by atoms with Gasteiger partial charge < -0.3 is 10.1 Å². The first kappa shape index (κ1) is 10.4. The number of nitrogens with one attached hydrogen (secondary N) is 1. The van der Waals surface area contributed by atoms with Crippen molar-refractivity contribution in [1.82, 2.24) is 4.98 Å². The summed E-state index contributed by atoms with van der Waals surface area (Å²) in [6, 6.07) is 5.58. The number of phenolic OH excluding ortho intramolecular Hbond substituents is 1. The number of fused-ring (bicyclic) bond motifs is 1. The van der Waals surface area contributed by atoms with Gasteiger partial charge in [-0.25, -0.2) is 0 Å². The number of benzene rings is 1. The normalized spacial score (nSPS) is 11.4. The van der Waals surface area contributed by atoms with Gasteiger partial charge in [0, 0.05) is 22.9 Å². The van der Waals surface area contributed by atoms with Crippen LogP contribution in [0.2, 0.25) is 0 Å². The van der Waals surface area contributed by atoms with Crippen LogP contribution in [-0.2, 0) is 5.75 Å². The van der Waals surface area contributed by atoms with Crippen LogP contribution < -0.4 is 0 Å². The second kappa shape index (κ2) is 4.19. The predicted octanol–water partition coefficient (Wildman–Crippen LogP) is 3.52. The highest BCUT2D eigenvalue weighted by atomic mass is 32.2. The largest absolute Gasteiger partial charge is 0.507 e. The molecule has 0 unspecified atom stereocenters. The Balaban J connectivity index is 2.35. The molecule has 2 aromatic rings. The Hall–Kier alpha value is -1.09. The lowest BCUT2D eigenvalue weighted by Crippen LogP contribution is -1.87. The third kappa shape index (κ3) is 2.12. The second-order valence-electron chi connectivity index (χ2n) is 3.87. The van der Waals surface area contributed by atoms with Gasteiger partial charge in [0.2, 0.25) is 0 Å². The summed E-state index contributed by atoms with van der Waals surface area (Å²) in [5.74, 6) is 1.31. The van der Waals surface area contributed by atoms with Crippen LogP contribution in [0.3, 0.4) is 0 Å². The van der Waals surface area contributed by atoms with Crippen LogP contribution >= 0.6 is 11.8 Å². The zero-order chi connectivity index (χ0) is 10.8. The van der Waals surface area contributed by atoms with E-state index in [4.69, 9.17) is 0 Å². The number of phenols is 1. The van der Waals surface area contributed by atoms with Gasteiger partial charge in [-0.3, -0.25) is 0 Å². The molecule has 2 rings (SSSR count). The Morgan fingerprint density at radius 2 is 2.20 bits per heavy atom. The van der Waals surface area contributed by atoms with Crippen LogP contribution in [0, 0.1) is 0 Å². The first-order chi connectivity index (χ1) is 7.18. The zero-order valence-corrected chi connectivity index (χ0v) is 9.77. The molecular weight excluding hydrogens is 206 g/mol. The Bertz CT molecular complexity index is 462. The SMILES string of the molecule is CC(C)SCc1c[nH]c2cccc(O)c12. The summed E-state index contributed by atoms with van der Waals surface area (Å²) >= 11 is 1.88. The molecule has 0 saturated heterocycles. The highest BCUT2D eigenvalue weighted by Crippen LogP contribution is 2.30. The van der Waals surface area contributed by atoms with E-state index in [0.717, 1.165) is 16.7 Å². The molecule has 0 spiro atoms. The van der Waals surface area contributed by atoms with Crippen LogP contribution in [0.15, 0.2) is 24.4 Å². The van der Waals surface area contributed by atoms with Crippen LogP contribution in [0.1, 0.15) is 19.4 Å². The van der Waals surface area contributed by atoms with E-state index in [2.05, 4.69) is 18.8 Å². The van der Waals surface area contributed by atoms with Crippen molar-refractivity contribution in [3.8, 4) is 5.75 Å². The van der Waals surface area contributed by atoms with Crippen molar-refractivity contribution in [2.45, 2.75) is 24.9 Å². The fraction of sp³-hybridized carbons (Fsp3) is 0.333. The van der Waals surface area contributed by atoms with Crippen LogP contribution in [0.5, 0.6) is 5.75 Å². The summed E-state index contributed by atoms with van der Waals surface area (Å²) in [6.45, 7) is 4.36. The number of aromatic hydroxyl groups is 1. The molecule has 0 aliphatic carbocycles. The van der Waals surface area contributed by atoms with Crippen LogP contribution in [-0.4, -0.2) is 15.3 Å². The number of rotatable bonds is 3. The summed E-state index contributed by atoms with van der Waals surface area (Å²) in [5.41, 5.74) is 2.19. The topological polar surface area (TPSA) is 36.0 Å². The van der Waals surface area contributed by atoms with Gasteiger partial charge in [0.1, 0.15) is 5.75 Å². The fourth-order valence-corrected chi connectivity index (χ4v) is 2.35. The molecule has 1 aromatic carbocycles. The Labute approximate surface area is 93.7 Å². The van der Waals surface area contributed by atoms with Gasteiger partial charge in [-0.15, -0.1) is 0 Å². The number of aromatic nitrogens is 1. The summed E-state index contributed by atoms with van der Waals surface area (Å²) in [7, 11) is 0. The highest BCUT2D eigenvalue weighted by Gasteiger charge is 2.08. The van der Waals surface area contributed by atoms with E-state index in [-0.39, 0.29) is 0 Å². The minimum absolute atomic E-state index is 0.369. The van der Waals surface area contributed by atoms with Crippen molar-refractivity contribution < 1.29 is 5.11 Å². The van der Waals surface area contributed by atoms with Crippen LogP contribution in [0.4, 0.5) is 0 Å². The number of hydrogen-bond donors (Lipinski definition) is 2. The first-order valence-electron chi connectivity index (χ1n) is 5.08. The molecule has 0 aliphatic heterocycles. The number of H-pyrrole nitrogens is 1. The second-order valence-corrected chi connectivity index (χ2v) is 5.44. The molecule has 0 saturated carbocycles. The van der Waals surface area contributed by atoms with Crippen molar-refractivity contribution in [2.75, 3.05) is 0 Å². The lowest BCUT2D eigenvalue weighted by atomic mass is 10.2. The number of aromatic amines is 1. The summed E-state index contributed by atoms with van der Waals surface area (Å²) in [4.78, 5) is 3.18. The number of thioether (sulfide) groups is 1. The van der Waals surface area contributed by atoms with Gasteiger partial charge in [0.05, 0.1) is 0 Å². The van der Waals surface area contributed by atoms with Gasteiger partial charge in [-0.1, -0.05) is 19.9 Å². The summed E-state index contributed by atoms with van der Waals surface area (Å²) in [5, 5.41) is 11.4. The molecular formula is C12H15NOS. The Morgan fingerprint density at radius 1 is 1.40 bits per heavy atom. The first-order valence-corrected chi connectivity index (χ1v) is 6.13. The third-order valence-electron chi connectivity index (χ3n) is 2.34.